The molecule has 1 aliphatic rings. The summed E-state index contributed by atoms with van der Waals surface area (Å²) in [6.45, 7) is 1.55. The number of fused-ring (bicyclic) bond motifs is 1. The fourth-order valence-electron chi connectivity index (χ4n) is 2.41. The molecule has 3 rings (SSSR count). The minimum absolute atomic E-state index is 0.0558. The Morgan fingerprint density at radius 1 is 1.36 bits per heavy atom. The van der Waals surface area contributed by atoms with Crippen LogP contribution in [0.15, 0.2) is 41.3 Å². The lowest BCUT2D eigenvalue weighted by Crippen LogP contribution is -2.21. The van der Waals surface area contributed by atoms with Crippen molar-refractivity contribution in [2.75, 3.05) is 11.1 Å². The van der Waals surface area contributed by atoms with E-state index >= 15 is 0 Å². The summed E-state index contributed by atoms with van der Waals surface area (Å²) in [5.74, 6) is 0.663. The Kier molecular flexibility index (Phi) is 3.81. The summed E-state index contributed by atoms with van der Waals surface area (Å²) in [7, 11) is 0. The van der Waals surface area contributed by atoms with E-state index in [0.29, 0.717) is 11.6 Å². The zero-order chi connectivity index (χ0) is 15.7. The standard InChI is InChI=1S/C15H13N3O3S/c1-9-12(18(20)21)6-7-14(16-9)17-15(19)11-8-22-13-5-3-2-4-10(11)13/h2-7,11H,8H2,1H3,(H,16,17,19)/t11-/m0/s1. The Morgan fingerprint density at radius 2 is 2.14 bits per heavy atom. The number of hydrogen-bond donors (Lipinski definition) is 1. The van der Waals surface area contributed by atoms with Gasteiger partial charge in [0.1, 0.15) is 11.5 Å². The molecule has 112 valence electrons. The van der Waals surface area contributed by atoms with E-state index in [9.17, 15) is 14.9 Å². The van der Waals surface area contributed by atoms with Crippen molar-refractivity contribution in [3.05, 3.63) is 57.8 Å². The normalized spacial score (nSPS) is 16.1. The minimum Gasteiger partial charge on any atom is -0.310 e. The third-order valence-corrected chi connectivity index (χ3v) is 4.71. The molecule has 1 atom stereocenters. The number of carbonyl (C=O) groups excluding carboxylic acids is 1. The highest BCUT2D eigenvalue weighted by molar-refractivity contribution is 7.99. The molecule has 0 spiro atoms. The summed E-state index contributed by atoms with van der Waals surface area (Å²) < 4.78 is 0. The highest BCUT2D eigenvalue weighted by Crippen LogP contribution is 2.39. The highest BCUT2D eigenvalue weighted by Gasteiger charge is 2.29. The van der Waals surface area contributed by atoms with Gasteiger partial charge in [-0.2, -0.15) is 0 Å². The molecule has 22 heavy (non-hydrogen) atoms. The smallest absolute Gasteiger partial charge is 0.290 e. The van der Waals surface area contributed by atoms with E-state index < -0.39 is 4.92 Å². The van der Waals surface area contributed by atoms with Crippen molar-refractivity contribution in [2.24, 2.45) is 0 Å². The average Bonchev–Trinajstić information content (AvgIpc) is 2.91. The van der Waals surface area contributed by atoms with Crippen LogP contribution in [0.3, 0.4) is 0 Å². The fourth-order valence-corrected chi connectivity index (χ4v) is 3.64. The summed E-state index contributed by atoms with van der Waals surface area (Å²) >= 11 is 1.65. The molecular formula is C15H13N3O3S. The molecule has 1 aromatic heterocycles. The lowest BCUT2D eigenvalue weighted by molar-refractivity contribution is -0.385. The van der Waals surface area contributed by atoms with Gasteiger partial charge >= 0.3 is 0 Å². The van der Waals surface area contributed by atoms with E-state index in [1.807, 2.05) is 24.3 Å². The number of pyridine rings is 1. The molecule has 1 amide bonds. The Bertz CT molecular complexity index is 763. The quantitative estimate of drug-likeness (QED) is 0.695. The number of thioether (sulfide) groups is 1. The molecule has 0 fully saturated rings. The molecule has 0 saturated heterocycles. The number of hydrogen-bond acceptors (Lipinski definition) is 5. The van der Waals surface area contributed by atoms with Crippen molar-refractivity contribution >= 4 is 29.2 Å². The van der Waals surface area contributed by atoms with Gasteiger partial charge in [0.15, 0.2) is 0 Å². The molecule has 1 aromatic carbocycles. The van der Waals surface area contributed by atoms with E-state index in [1.165, 1.54) is 12.1 Å². The number of nitrogens with one attached hydrogen (secondary N) is 1. The summed E-state index contributed by atoms with van der Waals surface area (Å²) in [4.78, 5) is 27.9. The number of nitro groups is 1. The second kappa shape index (κ2) is 5.76. The zero-order valence-electron chi connectivity index (χ0n) is 11.8. The van der Waals surface area contributed by atoms with Crippen LogP contribution < -0.4 is 5.32 Å². The van der Waals surface area contributed by atoms with Crippen molar-refractivity contribution in [3.63, 3.8) is 0 Å². The minimum atomic E-state index is -0.488. The monoisotopic (exact) mass is 315 g/mol. The van der Waals surface area contributed by atoms with Gasteiger partial charge in [-0.3, -0.25) is 14.9 Å². The van der Waals surface area contributed by atoms with E-state index in [1.54, 1.807) is 18.7 Å². The van der Waals surface area contributed by atoms with Crippen molar-refractivity contribution in [3.8, 4) is 0 Å². The molecule has 7 heteroatoms. The van der Waals surface area contributed by atoms with Gasteiger partial charge in [-0.15, -0.1) is 11.8 Å². The molecule has 0 aliphatic carbocycles. The average molecular weight is 315 g/mol. The first-order valence-electron chi connectivity index (χ1n) is 6.71. The molecule has 0 radical (unpaired) electrons. The van der Waals surface area contributed by atoms with E-state index in [0.717, 1.165) is 10.5 Å². The first-order chi connectivity index (χ1) is 10.6. The number of aryl methyl sites for hydroxylation is 1. The van der Waals surface area contributed by atoms with Crippen LogP contribution in [0.5, 0.6) is 0 Å². The molecule has 0 bridgehead atoms. The van der Waals surface area contributed by atoms with Crippen LogP contribution in [0, 0.1) is 17.0 Å². The van der Waals surface area contributed by atoms with Gasteiger partial charge in [0.25, 0.3) is 5.69 Å². The third-order valence-electron chi connectivity index (χ3n) is 3.52. The maximum absolute atomic E-state index is 12.4. The maximum Gasteiger partial charge on any atom is 0.290 e. The van der Waals surface area contributed by atoms with Crippen molar-refractivity contribution in [1.29, 1.82) is 0 Å². The molecule has 2 heterocycles. The van der Waals surface area contributed by atoms with Crippen LogP contribution in [-0.4, -0.2) is 21.6 Å². The largest absolute Gasteiger partial charge is 0.310 e. The fraction of sp³-hybridized carbons (Fsp3) is 0.200. The summed E-state index contributed by atoms with van der Waals surface area (Å²) in [5, 5.41) is 13.5. The number of benzene rings is 1. The van der Waals surface area contributed by atoms with Crippen LogP contribution in [0.2, 0.25) is 0 Å². The van der Waals surface area contributed by atoms with Gasteiger partial charge in [-0.05, 0) is 24.6 Å². The number of aromatic nitrogens is 1. The Hall–Kier alpha value is -2.41. The molecule has 1 N–H and O–H groups in total. The second-order valence-electron chi connectivity index (χ2n) is 4.95. The number of nitrogens with zero attached hydrogens (tertiary/aromatic N) is 2. The van der Waals surface area contributed by atoms with E-state index in [2.05, 4.69) is 10.3 Å². The van der Waals surface area contributed by atoms with Gasteiger partial charge in [0.05, 0.1) is 10.8 Å². The SMILES string of the molecule is Cc1nc(NC(=O)[C@H]2CSc3ccccc32)ccc1[N+](=O)[O-]. The van der Waals surface area contributed by atoms with Gasteiger partial charge in [-0.25, -0.2) is 4.98 Å². The topological polar surface area (TPSA) is 85.1 Å². The van der Waals surface area contributed by atoms with Crippen molar-refractivity contribution < 1.29 is 9.72 Å². The Labute approximate surface area is 131 Å². The van der Waals surface area contributed by atoms with Crippen molar-refractivity contribution in [1.82, 2.24) is 4.98 Å². The zero-order valence-corrected chi connectivity index (χ0v) is 12.6. The highest BCUT2D eigenvalue weighted by atomic mass is 32.2. The van der Waals surface area contributed by atoms with Crippen LogP contribution in [-0.2, 0) is 4.79 Å². The Morgan fingerprint density at radius 3 is 2.86 bits per heavy atom. The molecule has 0 saturated carbocycles. The first-order valence-corrected chi connectivity index (χ1v) is 7.69. The number of rotatable bonds is 3. The summed E-state index contributed by atoms with van der Waals surface area (Å²) in [6.07, 6.45) is 0. The second-order valence-corrected chi connectivity index (χ2v) is 6.01. The molecule has 0 unspecified atom stereocenters. The predicted molar refractivity (Wildman–Crippen MR) is 84.2 cm³/mol. The van der Waals surface area contributed by atoms with Gasteiger partial charge in [0, 0.05) is 16.7 Å². The van der Waals surface area contributed by atoms with Crippen LogP contribution >= 0.6 is 11.8 Å². The van der Waals surface area contributed by atoms with Gasteiger partial charge < -0.3 is 5.32 Å². The predicted octanol–water partition coefficient (Wildman–Crippen LogP) is 3.13. The lowest BCUT2D eigenvalue weighted by atomic mass is 10.0. The number of anilines is 1. The summed E-state index contributed by atoms with van der Waals surface area (Å²) in [6, 6.07) is 10.6. The van der Waals surface area contributed by atoms with Gasteiger partial charge in [0.2, 0.25) is 5.91 Å². The number of carbonyl (C=O) groups is 1. The van der Waals surface area contributed by atoms with Crippen molar-refractivity contribution in [2.45, 2.75) is 17.7 Å². The van der Waals surface area contributed by atoms with Crippen LogP contribution in [0.4, 0.5) is 11.5 Å². The van der Waals surface area contributed by atoms with E-state index in [-0.39, 0.29) is 23.2 Å². The first kappa shape index (κ1) is 14.5. The summed E-state index contributed by atoms with van der Waals surface area (Å²) in [5.41, 5.74) is 1.24. The third kappa shape index (κ3) is 2.67. The van der Waals surface area contributed by atoms with Crippen LogP contribution in [0.25, 0.3) is 0 Å². The van der Waals surface area contributed by atoms with Crippen LogP contribution in [0.1, 0.15) is 17.2 Å². The van der Waals surface area contributed by atoms with Gasteiger partial charge in [-0.1, -0.05) is 18.2 Å². The molecular weight excluding hydrogens is 302 g/mol. The molecule has 6 nitrogen and oxygen atoms in total. The lowest BCUT2D eigenvalue weighted by Gasteiger charge is -2.11. The molecule has 2 aromatic rings. The van der Waals surface area contributed by atoms with E-state index in [4.69, 9.17) is 0 Å². The molecule has 1 aliphatic heterocycles. The Balaban J connectivity index is 1.78. The maximum atomic E-state index is 12.4. The number of amides is 1.